The normalized spacial score (nSPS) is 10.9. The van der Waals surface area contributed by atoms with Gasteiger partial charge in [-0.15, -0.1) is 0 Å². The second kappa shape index (κ2) is 6.71. The van der Waals surface area contributed by atoms with Crippen LogP contribution in [-0.4, -0.2) is 21.3 Å². The summed E-state index contributed by atoms with van der Waals surface area (Å²) in [6.07, 6.45) is 1.79. The summed E-state index contributed by atoms with van der Waals surface area (Å²) in [6.45, 7) is 0. The second-order valence-electron chi connectivity index (χ2n) is 5.07. The standard InChI is InChI=1S/C18H16N2O2S/c1-23-18-19-16(21)15(17(22)20-18)14(12-8-4-2-5-9-12)13-10-6-3-7-11-13/h2-11,14H,1H3,(H2,19,20,21,22). The van der Waals surface area contributed by atoms with Crippen molar-refractivity contribution in [2.24, 2.45) is 0 Å². The maximum absolute atomic E-state index is 12.5. The van der Waals surface area contributed by atoms with Crippen LogP contribution in [0.25, 0.3) is 0 Å². The number of nitrogens with one attached hydrogen (secondary N) is 1. The predicted octanol–water partition coefficient (Wildman–Crippen LogP) is 3.38. The molecule has 0 aliphatic heterocycles. The number of rotatable bonds is 4. The SMILES string of the molecule is CSc1nc(O)c(C(c2ccccc2)c2ccccc2)c(=O)[nH]1. The van der Waals surface area contributed by atoms with Crippen LogP contribution in [0.1, 0.15) is 22.6 Å². The molecule has 0 bridgehead atoms. The third-order valence-corrected chi connectivity index (χ3v) is 4.24. The molecule has 1 aromatic heterocycles. The van der Waals surface area contributed by atoms with Gasteiger partial charge in [0.05, 0.1) is 5.56 Å². The summed E-state index contributed by atoms with van der Waals surface area (Å²) < 4.78 is 0. The number of aromatic amines is 1. The van der Waals surface area contributed by atoms with Crippen LogP contribution in [0, 0.1) is 0 Å². The predicted molar refractivity (Wildman–Crippen MR) is 92.1 cm³/mol. The molecule has 2 N–H and O–H groups in total. The van der Waals surface area contributed by atoms with Crippen LogP contribution in [0.5, 0.6) is 5.88 Å². The summed E-state index contributed by atoms with van der Waals surface area (Å²) in [5.41, 5.74) is 1.80. The van der Waals surface area contributed by atoms with Crippen LogP contribution in [0.15, 0.2) is 70.6 Å². The van der Waals surface area contributed by atoms with E-state index in [1.54, 1.807) is 6.26 Å². The van der Waals surface area contributed by atoms with Crippen molar-refractivity contribution < 1.29 is 5.11 Å². The van der Waals surface area contributed by atoms with Gasteiger partial charge >= 0.3 is 0 Å². The minimum atomic E-state index is -0.371. The molecule has 3 rings (SSSR count). The number of aromatic hydroxyl groups is 1. The topological polar surface area (TPSA) is 66.0 Å². The molecule has 0 saturated carbocycles. The molecule has 0 fully saturated rings. The van der Waals surface area contributed by atoms with Gasteiger partial charge < -0.3 is 10.1 Å². The lowest BCUT2D eigenvalue weighted by Gasteiger charge is -2.18. The zero-order chi connectivity index (χ0) is 16.2. The Morgan fingerprint density at radius 1 is 1.00 bits per heavy atom. The Labute approximate surface area is 138 Å². The first kappa shape index (κ1) is 15.4. The maximum Gasteiger partial charge on any atom is 0.259 e. The maximum atomic E-state index is 12.5. The number of hydrogen-bond donors (Lipinski definition) is 2. The molecule has 0 saturated heterocycles. The van der Waals surface area contributed by atoms with Crippen molar-refractivity contribution in [3.05, 3.63) is 87.7 Å². The monoisotopic (exact) mass is 324 g/mol. The lowest BCUT2D eigenvalue weighted by molar-refractivity contribution is 0.434. The molecule has 0 aliphatic carbocycles. The summed E-state index contributed by atoms with van der Waals surface area (Å²) in [7, 11) is 0. The van der Waals surface area contributed by atoms with Gasteiger partial charge in [0.2, 0.25) is 5.88 Å². The van der Waals surface area contributed by atoms with Crippen molar-refractivity contribution in [3.8, 4) is 5.88 Å². The fourth-order valence-corrected chi connectivity index (χ4v) is 3.00. The highest BCUT2D eigenvalue weighted by Crippen LogP contribution is 2.33. The number of aromatic nitrogens is 2. The van der Waals surface area contributed by atoms with E-state index in [-0.39, 0.29) is 22.9 Å². The zero-order valence-corrected chi connectivity index (χ0v) is 13.4. The third-order valence-electron chi connectivity index (χ3n) is 3.66. The molecule has 0 amide bonds. The van der Waals surface area contributed by atoms with E-state index in [9.17, 15) is 9.90 Å². The van der Waals surface area contributed by atoms with Crippen LogP contribution >= 0.6 is 11.8 Å². The molecule has 3 aromatic rings. The molecule has 0 unspecified atom stereocenters. The van der Waals surface area contributed by atoms with Crippen LogP contribution < -0.4 is 5.56 Å². The smallest absolute Gasteiger partial charge is 0.259 e. The van der Waals surface area contributed by atoms with Crippen molar-refractivity contribution >= 4 is 11.8 Å². The molecule has 23 heavy (non-hydrogen) atoms. The Balaban J connectivity index is 2.24. The van der Waals surface area contributed by atoms with Crippen molar-refractivity contribution in [1.82, 2.24) is 9.97 Å². The molecule has 2 aromatic carbocycles. The average Bonchev–Trinajstić information content (AvgIpc) is 2.59. The van der Waals surface area contributed by atoms with E-state index in [2.05, 4.69) is 9.97 Å². The Morgan fingerprint density at radius 2 is 1.52 bits per heavy atom. The largest absolute Gasteiger partial charge is 0.493 e. The van der Waals surface area contributed by atoms with Gasteiger partial charge in [0.25, 0.3) is 5.56 Å². The Kier molecular flexibility index (Phi) is 4.48. The molecular formula is C18H16N2O2S. The fourth-order valence-electron chi connectivity index (χ4n) is 2.62. The molecular weight excluding hydrogens is 308 g/mol. The Bertz CT molecular complexity index is 808. The lowest BCUT2D eigenvalue weighted by atomic mass is 9.86. The first-order chi connectivity index (χ1) is 11.2. The highest BCUT2D eigenvalue weighted by molar-refractivity contribution is 7.98. The fraction of sp³-hybridized carbons (Fsp3) is 0.111. The minimum Gasteiger partial charge on any atom is -0.493 e. The lowest BCUT2D eigenvalue weighted by Crippen LogP contribution is -2.20. The van der Waals surface area contributed by atoms with E-state index in [0.717, 1.165) is 11.1 Å². The van der Waals surface area contributed by atoms with E-state index in [1.807, 2.05) is 60.7 Å². The van der Waals surface area contributed by atoms with E-state index in [0.29, 0.717) is 5.16 Å². The summed E-state index contributed by atoms with van der Waals surface area (Å²) in [5.74, 6) is -0.597. The van der Waals surface area contributed by atoms with Crippen LogP contribution in [0.2, 0.25) is 0 Å². The number of H-pyrrole nitrogens is 1. The first-order valence-electron chi connectivity index (χ1n) is 7.17. The highest BCUT2D eigenvalue weighted by atomic mass is 32.2. The van der Waals surface area contributed by atoms with Crippen molar-refractivity contribution in [1.29, 1.82) is 0 Å². The summed E-state index contributed by atoms with van der Waals surface area (Å²) in [4.78, 5) is 19.3. The number of nitrogens with zero attached hydrogens (tertiary/aromatic N) is 1. The molecule has 1 heterocycles. The van der Waals surface area contributed by atoms with E-state index in [4.69, 9.17) is 0 Å². The van der Waals surface area contributed by atoms with Crippen LogP contribution in [-0.2, 0) is 0 Å². The molecule has 0 radical (unpaired) electrons. The Morgan fingerprint density at radius 3 is 1.96 bits per heavy atom. The molecule has 0 spiro atoms. The van der Waals surface area contributed by atoms with Gasteiger partial charge in [0, 0.05) is 5.92 Å². The van der Waals surface area contributed by atoms with E-state index >= 15 is 0 Å². The highest BCUT2D eigenvalue weighted by Gasteiger charge is 2.24. The molecule has 0 atom stereocenters. The number of hydrogen-bond acceptors (Lipinski definition) is 4. The molecule has 0 aliphatic rings. The van der Waals surface area contributed by atoms with Gasteiger partial charge in [-0.05, 0) is 17.4 Å². The number of thioether (sulfide) groups is 1. The van der Waals surface area contributed by atoms with E-state index < -0.39 is 0 Å². The molecule has 4 nitrogen and oxygen atoms in total. The van der Waals surface area contributed by atoms with Crippen LogP contribution in [0.3, 0.4) is 0 Å². The minimum absolute atomic E-state index is 0.226. The van der Waals surface area contributed by atoms with Gasteiger partial charge in [-0.2, -0.15) is 4.98 Å². The Hall–Kier alpha value is -2.53. The summed E-state index contributed by atoms with van der Waals surface area (Å²) >= 11 is 1.28. The van der Waals surface area contributed by atoms with Gasteiger partial charge in [-0.1, -0.05) is 72.4 Å². The van der Waals surface area contributed by atoms with Gasteiger partial charge in [-0.3, -0.25) is 4.79 Å². The van der Waals surface area contributed by atoms with Crippen molar-refractivity contribution in [2.45, 2.75) is 11.1 Å². The van der Waals surface area contributed by atoms with Crippen LogP contribution in [0.4, 0.5) is 0 Å². The van der Waals surface area contributed by atoms with Gasteiger partial charge in [0.15, 0.2) is 5.16 Å². The van der Waals surface area contributed by atoms with Crippen molar-refractivity contribution in [2.75, 3.05) is 6.26 Å². The number of benzene rings is 2. The quantitative estimate of drug-likeness (QED) is 0.570. The van der Waals surface area contributed by atoms with Gasteiger partial charge in [-0.25, -0.2) is 0 Å². The van der Waals surface area contributed by atoms with E-state index in [1.165, 1.54) is 11.8 Å². The first-order valence-corrected chi connectivity index (χ1v) is 8.40. The summed E-state index contributed by atoms with van der Waals surface area (Å²) in [5, 5.41) is 10.8. The molecule has 116 valence electrons. The second-order valence-corrected chi connectivity index (χ2v) is 5.86. The molecule has 5 heteroatoms. The summed E-state index contributed by atoms with van der Waals surface area (Å²) in [6, 6.07) is 19.3. The average molecular weight is 324 g/mol. The zero-order valence-electron chi connectivity index (χ0n) is 12.6. The third kappa shape index (κ3) is 3.14. The van der Waals surface area contributed by atoms with Gasteiger partial charge in [0.1, 0.15) is 0 Å². The van der Waals surface area contributed by atoms with Crippen molar-refractivity contribution in [3.63, 3.8) is 0 Å².